The van der Waals surface area contributed by atoms with Crippen LogP contribution in [0, 0.1) is 13.8 Å². The Labute approximate surface area is 154 Å². The first-order chi connectivity index (χ1) is 12.3. The second kappa shape index (κ2) is 8.95. The Morgan fingerprint density at radius 1 is 1.19 bits per heavy atom. The lowest BCUT2D eigenvalue weighted by Crippen LogP contribution is -2.38. The molecule has 0 radical (unpaired) electrons. The van der Waals surface area contributed by atoms with Gasteiger partial charge >= 0.3 is 0 Å². The lowest BCUT2D eigenvalue weighted by Gasteiger charge is -2.21. The smallest absolute Gasteiger partial charge is 0.243 e. The SMILES string of the molecule is CCCCCN(CC(=O)Nc1cc(C)on1)S(=O)(=O)c1ccc(C)cc1. The van der Waals surface area contributed by atoms with Crippen LogP contribution in [0.5, 0.6) is 0 Å². The topological polar surface area (TPSA) is 92.5 Å². The van der Waals surface area contributed by atoms with E-state index in [1.54, 1.807) is 37.3 Å². The number of rotatable bonds is 9. The fourth-order valence-corrected chi connectivity index (χ4v) is 3.88. The summed E-state index contributed by atoms with van der Waals surface area (Å²) in [7, 11) is -3.75. The number of aryl methyl sites for hydroxylation is 2. The molecule has 1 aromatic carbocycles. The summed E-state index contributed by atoms with van der Waals surface area (Å²) in [4.78, 5) is 12.5. The van der Waals surface area contributed by atoms with Gasteiger partial charge in [0.1, 0.15) is 5.76 Å². The van der Waals surface area contributed by atoms with E-state index in [9.17, 15) is 13.2 Å². The standard InChI is InChI=1S/C18H25N3O4S/c1-4-5-6-11-21(13-18(22)19-17-12-15(3)25-20-17)26(23,24)16-9-7-14(2)8-10-16/h7-10,12H,4-6,11,13H2,1-3H3,(H,19,20,22). The fourth-order valence-electron chi connectivity index (χ4n) is 2.45. The normalized spacial score (nSPS) is 11.7. The zero-order chi connectivity index (χ0) is 19.2. The van der Waals surface area contributed by atoms with Crippen LogP contribution >= 0.6 is 0 Å². The van der Waals surface area contributed by atoms with Crippen LogP contribution in [0.15, 0.2) is 39.8 Å². The van der Waals surface area contributed by atoms with E-state index in [2.05, 4.69) is 10.5 Å². The maximum Gasteiger partial charge on any atom is 0.243 e. The molecule has 0 aliphatic carbocycles. The molecule has 1 N–H and O–H groups in total. The van der Waals surface area contributed by atoms with Gasteiger partial charge in [-0.05, 0) is 32.4 Å². The molecule has 2 rings (SSSR count). The van der Waals surface area contributed by atoms with Gasteiger partial charge in [-0.3, -0.25) is 4.79 Å². The number of aromatic nitrogens is 1. The Morgan fingerprint density at radius 3 is 2.46 bits per heavy atom. The average molecular weight is 379 g/mol. The highest BCUT2D eigenvalue weighted by molar-refractivity contribution is 7.89. The highest BCUT2D eigenvalue weighted by Gasteiger charge is 2.26. The molecule has 0 fully saturated rings. The summed E-state index contributed by atoms with van der Waals surface area (Å²) in [6.45, 7) is 5.66. The van der Waals surface area contributed by atoms with Crippen molar-refractivity contribution in [1.29, 1.82) is 0 Å². The number of nitrogens with zero attached hydrogens (tertiary/aromatic N) is 2. The Bertz CT molecular complexity index is 828. The third kappa shape index (κ3) is 5.40. The third-order valence-corrected chi connectivity index (χ3v) is 5.74. The maximum atomic E-state index is 12.9. The molecule has 0 aliphatic rings. The number of sulfonamides is 1. The molecule has 0 spiro atoms. The zero-order valence-electron chi connectivity index (χ0n) is 15.4. The molecule has 7 nitrogen and oxygen atoms in total. The molecule has 142 valence electrons. The highest BCUT2D eigenvalue weighted by Crippen LogP contribution is 2.18. The second-order valence-electron chi connectivity index (χ2n) is 6.23. The minimum absolute atomic E-state index is 0.185. The van der Waals surface area contributed by atoms with E-state index in [0.29, 0.717) is 12.2 Å². The first-order valence-corrected chi connectivity index (χ1v) is 10.1. The van der Waals surface area contributed by atoms with E-state index in [0.717, 1.165) is 18.4 Å². The predicted octanol–water partition coefficient (Wildman–Crippen LogP) is 3.11. The third-order valence-electron chi connectivity index (χ3n) is 3.89. The number of nitrogens with one attached hydrogen (secondary N) is 1. The summed E-state index contributed by atoms with van der Waals surface area (Å²) in [5, 5.41) is 6.26. The van der Waals surface area contributed by atoms with E-state index >= 15 is 0 Å². The summed E-state index contributed by atoms with van der Waals surface area (Å²) in [5.41, 5.74) is 0.973. The number of carbonyl (C=O) groups excluding carboxylic acids is 1. The van der Waals surface area contributed by atoms with Gasteiger partial charge in [-0.1, -0.05) is 42.6 Å². The molecule has 1 amide bonds. The summed E-state index contributed by atoms with van der Waals surface area (Å²) >= 11 is 0. The van der Waals surface area contributed by atoms with E-state index in [1.807, 2.05) is 13.8 Å². The Hall–Kier alpha value is -2.19. The summed E-state index contributed by atoms with van der Waals surface area (Å²) in [6.07, 6.45) is 2.55. The van der Waals surface area contributed by atoms with Gasteiger partial charge in [0.25, 0.3) is 0 Å². The Morgan fingerprint density at radius 2 is 1.88 bits per heavy atom. The number of amides is 1. The molecular formula is C18H25N3O4S. The molecule has 0 unspecified atom stereocenters. The first kappa shape index (κ1) is 20.1. The minimum atomic E-state index is -3.75. The molecule has 0 bridgehead atoms. The van der Waals surface area contributed by atoms with Crippen molar-refractivity contribution in [3.63, 3.8) is 0 Å². The fraction of sp³-hybridized carbons (Fsp3) is 0.444. The molecule has 0 aliphatic heterocycles. The van der Waals surface area contributed by atoms with Crippen LogP contribution in [0.1, 0.15) is 37.5 Å². The monoisotopic (exact) mass is 379 g/mol. The van der Waals surface area contributed by atoms with Gasteiger partial charge in [-0.2, -0.15) is 4.31 Å². The van der Waals surface area contributed by atoms with Crippen LogP contribution < -0.4 is 5.32 Å². The van der Waals surface area contributed by atoms with Crippen molar-refractivity contribution in [2.75, 3.05) is 18.4 Å². The summed E-state index contributed by atoms with van der Waals surface area (Å²) < 4.78 is 32.0. The van der Waals surface area contributed by atoms with Crippen molar-refractivity contribution in [2.24, 2.45) is 0 Å². The molecule has 8 heteroatoms. The van der Waals surface area contributed by atoms with Crippen LogP contribution in [0.3, 0.4) is 0 Å². The number of hydrogen-bond donors (Lipinski definition) is 1. The van der Waals surface area contributed by atoms with Gasteiger partial charge in [-0.15, -0.1) is 0 Å². The Balaban J connectivity index is 2.15. The average Bonchev–Trinajstić information content (AvgIpc) is 2.99. The van der Waals surface area contributed by atoms with Gasteiger partial charge < -0.3 is 9.84 Å². The van der Waals surface area contributed by atoms with Crippen molar-refractivity contribution in [3.05, 3.63) is 41.7 Å². The Kier molecular flexibility index (Phi) is 6.93. The number of hydrogen-bond acceptors (Lipinski definition) is 5. The van der Waals surface area contributed by atoms with Crippen LogP contribution in [0.4, 0.5) is 5.82 Å². The molecule has 1 aromatic heterocycles. The molecule has 2 aromatic rings. The van der Waals surface area contributed by atoms with E-state index in [-0.39, 0.29) is 23.8 Å². The van der Waals surface area contributed by atoms with E-state index in [4.69, 9.17) is 4.52 Å². The van der Waals surface area contributed by atoms with Crippen LogP contribution in [0.2, 0.25) is 0 Å². The molecular weight excluding hydrogens is 354 g/mol. The first-order valence-electron chi connectivity index (χ1n) is 8.63. The lowest BCUT2D eigenvalue weighted by molar-refractivity contribution is -0.116. The van der Waals surface area contributed by atoms with E-state index < -0.39 is 15.9 Å². The van der Waals surface area contributed by atoms with Crippen molar-refractivity contribution in [1.82, 2.24) is 9.46 Å². The second-order valence-corrected chi connectivity index (χ2v) is 8.17. The van der Waals surface area contributed by atoms with Gasteiger partial charge in [0.05, 0.1) is 11.4 Å². The van der Waals surface area contributed by atoms with Crippen molar-refractivity contribution < 1.29 is 17.7 Å². The molecule has 0 atom stereocenters. The lowest BCUT2D eigenvalue weighted by atomic mass is 10.2. The highest BCUT2D eigenvalue weighted by atomic mass is 32.2. The van der Waals surface area contributed by atoms with Crippen molar-refractivity contribution in [2.45, 2.75) is 44.9 Å². The largest absolute Gasteiger partial charge is 0.360 e. The van der Waals surface area contributed by atoms with Crippen molar-refractivity contribution >= 4 is 21.7 Å². The number of benzene rings is 1. The van der Waals surface area contributed by atoms with Crippen LogP contribution in [0.25, 0.3) is 0 Å². The van der Waals surface area contributed by atoms with Crippen LogP contribution in [-0.4, -0.2) is 36.9 Å². The molecule has 0 saturated heterocycles. The zero-order valence-corrected chi connectivity index (χ0v) is 16.2. The molecule has 26 heavy (non-hydrogen) atoms. The van der Waals surface area contributed by atoms with Crippen LogP contribution in [-0.2, 0) is 14.8 Å². The number of unbranched alkanes of at least 4 members (excludes halogenated alkanes) is 2. The van der Waals surface area contributed by atoms with Gasteiger partial charge in [0, 0.05) is 12.6 Å². The van der Waals surface area contributed by atoms with Gasteiger partial charge in [-0.25, -0.2) is 8.42 Å². The number of anilines is 1. The summed E-state index contributed by atoms with van der Waals surface area (Å²) in [6, 6.07) is 8.20. The maximum absolute atomic E-state index is 12.9. The van der Waals surface area contributed by atoms with Gasteiger partial charge in [0.2, 0.25) is 15.9 Å². The molecule has 0 saturated carbocycles. The van der Waals surface area contributed by atoms with E-state index in [1.165, 1.54) is 4.31 Å². The minimum Gasteiger partial charge on any atom is -0.360 e. The predicted molar refractivity (Wildman–Crippen MR) is 99.3 cm³/mol. The van der Waals surface area contributed by atoms with Gasteiger partial charge in [0.15, 0.2) is 5.82 Å². The summed E-state index contributed by atoms with van der Waals surface area (Å²) in [5.74, 6) is 0.381. The molecule has 1 heterocycles. The number of carbonyl (C=O) groups is 1. The van der Waals surface area contributed by atoms with Crippen molar-refractivity contribution in [3.8, 4) is 0 Å². The quantitative estimate of drug-likeness (QED) is 0.676.